The Morgan fingerprint density at radius 2 is 1.93 bits per heavy atom. The minimum atomic E-state index is -4.71. The van der Waals surface area contributed by atoms with Crippen LogP contribution in [-0.2, 0) is 6.18 Å². The van der Waals surface area contributed by atoms with Gasteiger partial charge in [0.15, 0.2) is 5.82 Å². The Balaban J connectivity index is 1.61. The minimum Gasteiger partial charge on any atom is -0.394 e. The molecule has 2 heterocycles. The number of rotatable bonds is 7. The van der Waals surface area contributed by atoms with Crippen LogP contribution in [0.4, 0.5) is 35.1 Å². The van der Waals surface area contributed by atoms with Crippen molar-refractivity contribution in [3.05, 3.63) is 59.2 Å². The Bertz CT molecular complexity index is 1020. The number of benzene rings is 1. The van der Waals surface area contributed by atoms with Crippen molar-refractivity contribution in [1.29, 1.82) is 0 Å². The molecular weight excluding hydrogens is 404 g/mol. The second-order valence-electron chi connectivity index (χ2n) is 6.99. The van der Waals surface area contributed by atoms with E-state index in [1.165, 1.54) is 12.1 Å². The third-order valence-electron chi connectivity index (χ3n) is 4.71. The van der Waals surface area contributed by atoms with Gasteiger partial charge in [-0.1, -0.05) is 12.1 Å². The van der Waals surface area contributed by atoms with E-state index in [1.807, 2.05) is 0 Å². The van der Waals surface area contributed by atoms with Gasteiger partial charge in [-0.25, -0.2) is 9.37 Å². The molecule has 1 aromatic carbocycles. The molecule has 7 nitrogen and oxygen atoms in total. The molecule has 0 unspecified atom stereocenters. The number of aromatic amines is 1. The minimum absolute atomic E-state index is 0.0878. The van der Waals surface area contributed by atoms with Crippen LogP contribution >= 0.6 is 0 Å². The summed E-state index contributed by atoms with van der Waals surface area (Å²) >= 11 is 0. The molecule has 1 aliphatic rings. The summed E-state index contributed by atoms with van der Waals surface area (Å²) in [7, 11) is 0. The number of hydrogen-bond donors (Lipinski definition) is 4. The van der Waals surface area contributed by atoms with Crippen LogP contribution in [0.15, 0.2) is 36.5 Å². The van der Waals surface area contributed by atoms with Crippen molar-refractivity contribution < 1.29 is 22.7 Å². The van der Waals surface area contributed by atoms with Crippen LogP contribution in [0.2, 0.25) is 0 Å². The molecule has 3 aromatic rings. The van der Waals surface area contributed by atoms with Gasteiger partial charge in [-0.05, 0) is 30.5 Å². The van der Waals surface area contributed by atoms with Gasteiger partial charge in [0.05, 0.1) is 12.6 Å². The van der Waals surface area contributed by atoms with E-state index in [2.05, 4.69) is 30.8 Å². The van der Waals surface area contributed by atoms with Gasteiger partial charge >= 0.3 is 6.18 Å². The molecule has 2 aromatic heterocycles. The highest BCUT2D eigenvalue weighted by atomic mass is 19.4. The summed E-state index contributed by atoms with van der Waals surface area (Å²) < 4.78 is 53.5. The highest BCUT2D eigenvalue weighted by Gasteiger charge is 2.36. The molecular formula is C19H18F4N6O. The molecule has 30 heavy (non-hydrogen) atoms. The van der Waals surface area contributed by atoms with E-state index >= 15 is 0 Å². The van der Waals surface area contributed by atoms with Gasteiger partial charge in [0.1, 0.15) is 17.2 Å². The lowest BCUT2D eigenvalue weighted by Crippen LogP contribution is -2.20. The van der Waals surface area contributed by atoms with Crippen LogP contribution in [-0.4, -0.2) is 31.9 Å². The maximum absolute atomic E-state index is 13.4. The number of aliphatic hydroxyl groups is 1. The number of halogens is 4. The number of nitrogens with one attached hydrogen (secondary N) is 3. The fourth-order valence-corrected chi connectivity index (χ4v) is 2.97. The standard InChI is InChI=1S/C19H18F4N6O/c20-12-5-3-11(4-6-12)15(9-30)25-17-13(19(21,22)23)8-24-18(27-17)26-16-7-14(28-29-16)10-1-2-10/h3-8,10,15,30H,1-2,9H2,(H3,24,25,26,27,28,29)/t15-/m0/s1. The molecule has 0 amide bonds. The summed E-state index contributed by atoms with van der Waals surface area (Å²) in [5, 5.41) is 22.0. The normalized spacial score (nSPS) is 15.1. The number of anilines is 3. The van der Waals surface area contributed by atoms with E-state index in [0.717, 1.165) is 30.7 Å². The third-order valence-corrected chi connectivity index (χ3v) is 4.71. The van der Waals surface area contributed by atoms with E-state index in [0.29, 0.717) is 23.5 Å². The van der Waals surface area contributed by atoms with Crippen molar-refractivity contribution in [1.82, 2.24) is 20.2 Å². The van der Waals surface area contributed by atoms with Crippen molar-refractivity contribution in [3.8, 4) is 0 Å². The molecule has 0 aliphatic heterocycles. The molecule has 1 fully saturated rings. The van der Waals surface area contributed by atoms with Crippen molar-refractivity contribution >= 4 is 17.6 Å². The first kappa shape index (κ1) is 20.1. The van der Waals surface area contributed by atoms with Crippen LogP contribution in [0.25, 0.3) is 0 Å². The zero-order valence-corrected chi connectivity index (χ0v) is 15.5. The van der Waals surface area contributed by atoms with Crippen molar-refractivity contribution in [2.75, 3.05) is 17.2 Å². The molecule has 1 atom stereocenters. The van der Waals surface area contributed by atoms with E-state index in [1.54, 1.807) is 6.07 Å². The second kappa shape index (κ2) is 7.90. The summed E-state index contributed by atoms with van der Waals surface area (Å²) in [6.45, 7) is -0.528. The Morgan fingerprint density at radius 1 is 1.20 bits per heavy atom. The largest absolute Gasteiger partial charge is 0.421 e. The van der Waals surface area contributed by atoms with E-state index in [4.69, 9.17) is 0 Å². The first-order valence-corrected chi connectivity index (χ1v) is 9.23. The maximum Gasteiger partial charge on any atom is 0.421 e. The summed E-state index contributed by atoms with van der Waals surface area (Å²) in [6, 6.07) is 5.90. The predicted molar refractivity (Wildman–Crippen MR) is 101 cm³/mol. The molecule has 0 bridgehead atoms. The lowest BCUT2D eigenvalue weighted by atomic mass is 10.1. The van der Waals surface area contributed by atoms with Crippen molar-refractivity contribution in [2.24, 2.45) is 0 Å². The zero-order chi connectivity index (χ0) is 21.3. The summed E-state index contributed by atoms with van der Waals surface area (Å²) in [6.07, 6.45) is -1.92. The smallest absolute Gasteiger partial charge is 0.394 e. The maximum atomic E-state index is 13.4. The van der Waals surface area contributed by atoms with Gasteiger partial charge < -0.3 is 15.7 Å². The Morgan fingerprint density at radius 3 is 2.57 bits per heavy atom. The summed E-state index contributed by atoms with van der Waals surface area (Å²) in [5.41, 5.74) is 0.259. The second-order valence-corrected chi connectivity index (χ2v) is 6.99. The molecule has 1 aliphatic carbocycles. The van der Waals surface area contributed by atoms with Gasteiger partial charge in [-0.15, -0.1) is 0 Å². The molecule has 0 spiro atoms. The molecule has 1 saturated carbocycles. The average Bonchev–Trinajstić information content (AvgIpc) is 3.45. The molecule has 4 N–H and O–H groups in total. The first-order valence-electron chi connectivity index (χ1n) is 9.23. The van der Waals surface area contributed by atoms with Crippen molar-refractivity contribution in [3.63, 3.8) is 0 Å². The quantitative estimate of drug-likeness (QED) is 0.428. The van der Waals surface area contributed by atoms with E-state index in [-0.39, 0.29) is 5.95 Å². The van der Waals surface area contributed by atoms with Crippen LogP contribution in [0.5, 0.6) is 0 Å². The number of nitrogens with zero attached hydrogens (tertiary/aromatic N) is 3. The molecule has 4 rings (SSSR count). The van der Waals surface area contributed by atoms with Gasteiger partial charge in [-0.3, -0.25) is 5.10 Å². The topological polar surface area (TPSA) is 98.8 Å². The Labute approximate surface area is 168 Å². The zero-order valence-electron chi connectivity index (χ0n) is 15.5. The van der Waals surface area contributed by atoms with Gasteiger partial charge in [-0.2, -0.15) is 23.3 Å². The lowest BCUT2D eigenvalue weighted by molar-refractivity contribution is -0.137. The van der Waals surface area contributed by atoms with Crippen LogP contribution < -0.4 is 10.6 Å². The van der Waals surface area contributed by atoms with Gasteiger partial charge in [0, 0.05) is 23.9 Å². The number of alkyl halides is 3. The van der Waals surface area contributed by atoms with Crippen LogP contribution in [0.3, 0.4) is 0 Å². The first-order chi connectivity index (χ1) is 14.3. The predicted octanol–water partition coefficient (Wildman–Crippen LogP) is 4.12. The summed E-state index contributed by atoms with van der Waals surface area (Å²) in [5.74, 6) is -0.277. The lowest BCUT2D eigenvalue weighted by Gasteiger charge is -2.20. The molecule has 158 valence electrons. The molecule has 0 saturated heterocycles. The van der Waals surface area contributed by atoms with Gasteiger partial charge in [0.2, 0.25) is 5.95 Å². The number of aromatic nitrogens is 4. The van der Waals surface area contributed by atoms with Crippen LogP contribution in [0.1, 0.15) is 41.6 Å². The van der Waals surface area contributed by atoms with E-state index in [9.17, 15) is 22.7 Å². The van der Waals surface area contributed by atoms with Gasteiger partial charge in [0.25, 0.3) is 0 Å². The SMILES string of the molecule is OC[C@H](Nc1nc(Nc2cc(C3CC3)[nH]n2)ncc1C(F)(F)F)c1ccc(F)cc1. The monoisotopic (exact) mass is 422 g/mol. The number of hydrogen-bond acceptors (Lipinski definition) is 6. The Kier molecular flexibility index (Phi) is 5.29. The fraction of sp³-hybridized carbons (Fsp3) is 0.316. The average molecular weight is 422 g/mol. The number of H-pyrrole nitrogens is 1. The summed E-state index contributed by atoms with van der Waals surface area (Å²) in [4.78, 5) is 7.68. The number of aliphatic hydroxyl groups excluding tert-OH is 1. The third kappa shape index (κ3) is 4.51. The highest BCUT2D eigenvalue weighted by molar-refractivity contribution is 5.55. The highest BCUT2D eigenvalue weighted by Crippen LogP contribution is 2.40. The molecule has 0 radical (unpaired) electrons. The fourth-order valence-electron chi connectivity index (χ4n) is 2.97. The van der Waals surface area contributed by atoms with E-state index < -0.39 is 36.0 Å². The Hall–Kier alpha value is -3.21. The van der Waals surface area contributed by atoms with Crippen molar-refractivity contribution in [2.45, 2.75) is 31.0 Å². The van der Waals surface area contributed by atoms with Crippen LogP contribution in [0, 0.1) is 5.82 Å². The molecule has 11 heteroatoms.